The molecule has 0 bridgehead atoms. The average Bonchev–Trinajstić information content (AvgIpc) is 2.27. The number of nitrogens with zero attached hydrogens (tertiary/aromatic N) is 1. The predicted octanol–water partition coefficient (Wildman–Crippen LogP) is 1.76. The maximum absolute atomic E-state index is 12.0. The van der Waals surface area contributed by atoms with Crippen molar-refractivity contribution in [2.24, 2.45) is 0 Å². The predicted molar refractivity (Wildman–Crippen MR) is 73.2 cm³/mol. The fourth-order valence-electron chi connectivity index (χ4n) is 2.77. The van der Waals surface area contributed by atoms with Crippen LogP contribution in [0.25, 0.3) is 0 Å². The zero-order valence-electron chi connectivity index (χ0n) is 12.5. The van der Waals surface area contributed by atoms with Crippen molar-refractivity contribution in [1.29, 1.82) is 0 Å². The molecule has 0 aromatic carbocycles. The van der Waals surface area contributed by atoms with Crippen molar-refractivity contribution in [3.63, 3.8) is 0 Å². The third-order valence-electron chi connectivity index (χ3n) is 3.67. The van der Waals surface area contributed by atoms with Gasteiger partial charge in [0.05, 0.1) is 13.2 Å². The van der Waals surface area contributed by atoms with Crippen LogP contribution in [0.15, 0.2) is 0 Å². The minimum absolute atomic E-state index is 0.0518. The molecule has 1 spiro atoms. The van der Waals surface area contributed by atoms with Gasteiger partial charge in [0.25, 0.3) is 0 Å². The molecule has 2 heterocycles. The first kappa shape index (κ1) is 14.6. The second-order valence-corrected chi connectivity index (χ2v) is 6.81. The van der Waals surface area contributed by atoms with Gasteiger partial charge in [-0.3, -0.25) is 0 Å². The maximum atomic E-state index is 12.0. The number of piperidine rings is 1. The lowest BCUT2D eigenvalue weighted by atomic mass is 9.86. The van der Waals surface area contributed by atoms with Crippen LogP contribution in [0.1, 0.15) is 40.5 Å². The number of ether oxygens (including phenoxy) is 2. The van der Waals surface area contributed by atoms with Crippen molar-refractivity contribution in [3.8, 4) is 0 Å². The first-order valence-corrected chi connectivity index (χ1v) is 7.13. The van der Waals surface area contributed by atoms with Crippen LogP contribution in [-0.2, 0) is 9.47 Å². The van der Waals surface area contributed by atoms with Gasteiger partial charge in [0.1, 0.15) is 5.60 Å². The number of rotatable bonds is 0. The Hall–Kier alpha value is -0.810. The summed E-state index contributed by atoms with van der Waals surface area (Å²) in [6, 6.07) is 0.391. The summed E-state index contributed by atoms with van der Waals surface area (Å²) in [6.07, 6.45) is 1.65. The Labute approximate surface area is 115 Å². The molecule has 1 amide bonds. The monoisotopic (exact) mass is 270 g/mol. The van der Waals surface area contributed by atoms with E-state index in [0.29, 0.717) is 6.04 Å². The molecule has 1 atom stereocenters. The van der Waals surface area contributed by atoms with Gasteiger partial charge in [-0.15, -0.1) is 0 Å². The fourth-order valence-corrected chi connectivity index (χ4v) is 2.77. The number of likely N-dealkylation sites (tertiary alicyclic amines) is 1. The number of hydrogen-bond acceptors (Lipinski definition) is 4. The molecule has 2 rings (SSSR count). The molecule has 5 heteroatoms. The van der Waals surface area contributed by atoms with Gasteiger partial charge in [-0.2, -0.15) is 0 Å². The summed E-state index contributed by atoms with van der Waals surface area (Å²) < 4.78 is 11.1. The summed E-state index contributed by atoms with van der Waals surface area (Å²) >= 11 is 0. The highest BCUT2D eigenvalue weighted by molar-refractivity contribution is 5.68. The Morgan fingerprint density at radius 1 is 1.37 bits per heavy atom. The minimum Gasteiger partial charge on any atom is -0.444 e. The number of nitrogens with one attached hydrogen (secondary N) is 1. The van der Waals surface area contributed by atoms with Crippen LogP contribution < -0.4 is 5.32 Å². The van der Waals surface area contributed by atoms with Crippen LogP contribution in [0.4, 0.5) is 4.79 Å². The zero-order chi connectivity index (χ0) is 14.1. The van der Waals surface area contributed by atoms with Gasteiger partial charge in [0, 0.05) is 24.7 Å². The summed E-state index contributed by atoms with van der Waals surface area (Å²) in [5.41, 5.74) is -0.372. The summed E-state index contributed by atoms with van der Waals surface area (Å²) in [4.78, 5) is 13.8. The summed E-state index contributed by atoms with van der Waals surface area (Å²) in [6.45, 7) is 10.8. The first-order valence-electron chi connectivity index (χ1n) is 7.13. The number of carbonyl (C=O) groups is 1. The molecule has 5 nitrogen and oxygen atoms in total. The van der Waals surface area contributed by atoms with E-state index >= 15 is 0 Å². The smallest absolute Gasteiger partial charge is 0.410 e. The number of morpholine rings is 1. The molecule has 0 saturated carbocycles. The molecular weight excluding hydrogens is 244 g/mol. The van der Waals surface area contributed by atoms with Crippen molar-refractivity contribution >= 4 is 6.09 Å². The van der Waals surface area contributed by atoms with Crippen LogP contribution in [0, 0.1) is 0 Å². The standard InChI is InChI=1S/C14H26N2O3/c1-11-9-18-10-14(15-11)5-7-16(8-6-14)12(17)19-13(2,3)4/h11,15H,5-10H2,1-4H3. The highest BCUT2D eigenvalue weighted by atomic mass is 16.6. The molecule has 19 heavy (non-hydrogen) atoms. The van der Waals surface area contributed by atoms with Crippen LogP contribution in [0.3, 0.4) is 0 Å². The normalized spacial score (nSPS) is 27.4. The van der Waals surface area contributed by atoms with E-state index in [1.54, 1.807) is 4.90 Å². The molecule has 110 valence electrons. The molecule has 0 radical (unpaired) electrons. The van der Waals surface area contributed by atoms with Gasteiger partial charge in [0.15, 0.2) is 0 Å². The highest BCUT2D eigenvalue weighted by Gasteiger charge is 2.39. The topological polar surface area (TPSA) is 50.8 Å². The molecule has 2 fully saturated rings. The number of hydrogen-bond donors (Lipinski definition) is 1. The van der Waals surface area contributed by atoms with Crippen molar-refractivity contribution in [1.82, 2.24) is 10.2 Å². The largest absolute Gasteiger partial charge is 0.444 e. The number of amides is 1. The van der Waals surface area contributed by atoms with E-state index in [2.05, 4.69) is 12.2 Å². The molecule has 0 aromatic rings. The van der Waals surface area contributed by atoms with Gasteiger partial charge in [-0.1, -0.05) is 0 Å². The van der Waals surface area contributed by atoms with Gasteiger partial charge < -0.3 is 19.7 Å². The van der Waals surface area contributed by atoms with E-state index in [0.717, 1.165) is 39.1 Å². The van der Waals surface area contributed by atoms with Crippen LogP contribution in [-0.4, -0.2) is 54.5 Å². The molecule has 2 saturated heterocycles. The van der Waals surface area contributed by atoms with E-state index in [-0.39, 0.29) is 11.6 Å². The molecule has 0 aliphatic carbocycles. The quantitative estimate of drug-likeness (QED) is 0.729. The minimum atomic E-state index is -0.424. The van der Waals surface area contributed by atoms with Crippen molar-refractivity contribution in [2.45, 2.75) is 57.7 Å². The zero-order valence-corrected chi connectivity index (χ0v) is 12.5. The van der Waals surface area contributed by atoms with Crippen molar-refractivity contribution in [3.05, 3.63) is 0 Å². The van der Waals surface area contributed by atoms with E-state index < -0.39 is 5.60 Å². The van der Waals surface area contributed by atoms with Crippen LogP contribution in [0.5, 0.6) is 0 Å². The molecule has 0 aromatic heterocycles. The third-order valence-corrected chi connectivity index (χ3v) is 3.67. The molecule has 2 aliphatic heterocycles. The fraction of sp³-hybridized carbons (Fsp3) is 0.929. The average molecular weight is 270 g/mol. The lowest BCUT2D eigenvalue weighted by Gasteiger charge is -2.46. The van der Waals surface area contributed by atoms with E-state index in [1.807, 2.05) is 20.8 Å². The summed E-state index contributed by atoms with van der Waals surface area (Å²) in [5.74, 6) is 0. The van der Waals surface area contributed by atoms with Crippen molar-refractivity contribution in [2.75, 3.05) is 26.3 Å². The van der Waals surface area contributed by atoms with Gasteiger partial charge in [-0.05, 0) is 40.5 Å². The Kier molecular flexibility index (Phi) is 4.06. The lowest BCUT2D eigenvalue weighted by Crippen LogP contribution is -2.63. The first-order chi connectivity index (χ1) is 8.80. The van der Waals surface area contributed by atoms with Gasteiger partial charge in [0.2, 0.25) is 0 Å². The summed E-state index contributed by atoms with van der Waals surface area (Å²) in [7, 11) is 0. The Morgan fingerprint density at radius 2 is 2.00 bits per heavy atom. The Bertz CT molecular complexity index is 330. The third kappa shape index (κ3) is 3.83. The van der Waals surface area contributed by atoms with Gasteiger partial charge >= 0.3 is 6.09 Å². The SMILES string of the molecule is CC1COCC2(CCN(C(=O)OC(C)(C)C)CC2)N1. The second-order valence-electron chi connectivity index (χ2n) is 6.81. The second kappa shape index (κ2) is 5.29. The Balaban J connectivity index is 1.87. The molecule has 1 unspecified atom stereocenters. The maximum Gasteiger partial charge on any atom is 0.410 e. The molecule has 2 aliphatic rings. The van der Waals surface area contributed by atoms with E-state index in [1.165, 1.54) is 0 Å². The van der Waals surface area contributed by atoms with Crippen LogP contribution in [0.2, 0.25) is 0 Å². The van der Waals surface area contributed by atoms with E-state index in [9.17, 15) is 4.79 Å². The highest BCUT2D eigenvalue weighted by Crippen LogP contribution is 2.26. The molecule has 1 N–H and O–H groups in total. The van der Waals surface area contributed by atoms with E-state index in [4.69, 9.17) is 9.47 Å². The van der Waals surface area contributed by atoms with Gasteiger partial charge in [-0.25, -0.2) is 4.79 Å². The number of carbonyl (C=O) groups excluding carboxylic acids is 1. The summed E-state index contributed by atoms with van der Waals surface area (Å²) in [5, 5.41) is 3.64. The Morgan fingerprint density at radius 3 is 2.53 bits per heavy atom. The van der Waals surface area contributed by atoms with Crippen LogP contribution >= 0.6 is 0 Å². The lowest BCUT2D eigenvalue weighted by molar-refractivity contribution is -0.0319. The van der Waals surface area contributed by atoms with Crippen molar-refractivity contribution < 1.29 is 14.3 Å². The molecular formula is C14H26N2O3.